The summed E-state index contributed by atoms with van der Waals surface area (Å²) in [7, 11) is -3.66. The second-order valence-corrected chi connectivity index (χ2v) is 8.97. The smallest absolute Gasteiger partial charge is 0.245 e. The number of benzene rings is 2. The van der Waals surface area contributed by atoms with Gasteiger partial charge in [-0.2, -0.15) is 0 Å². The summed E-state index contributed by atoms with van der Waals surface area (Å²) in [6.07, 6.45) is 1.08. The van der Waals surface area contributed by atoms with Crippen LogP contribution in [0.15, 0.2) is 42.5 Å². The Kier molecular flexibility index (Phi) is 6.55. The van der Waals surface area contributed by atoms with Crippen LogP contribution in [-0.2, 0) is 14.8 Å². The molecule has 0 aliphatic rings. The third kappa shape index (κ3) is 5.37. The number of para-hydroxylation sites is 1. The average molecular weight is 415 g/mol. The molecule has 0 aliphatic carbocycles. The van der Waals surface area contributed by atoms with Crippen LogP contribution >= 0.6 is 23.2 Å². The molecule has 26 heavy (non-hydrogen) atoms. The van der Waals surface area contributed by atoms with Crippen molar-refractivity contribution in [2.24, 2.45) is 0 Å². The van der Waals surface area contributed by atoms with E-state index in [2.05, 4.69) is 5.32 Å². The molecule has 0 saturated heterocycles. The van der Waals surface area contributed by atoms with Crippen LogP contribution in [-0.4, -0.2) is 27.1 Å². The number of carbonyl (C=O) groups is 1. The Labute approximate surface area is 164 Å². The van der Waals surface area contributed by atoms with Gasteiger partial charge in [-0.15, -0.1) is 0 Å². The molecule has 0 unspecified atom stereocenters. The summed E-state index contributed by atoms with van der Waals surface area (Å²) in [4.78, 5) is 12.4. The Hall–Kier alpha value is -1.76. The van der Waals surface area contributed by atoms with Crippen LogP contribution in [0.3, 0.4) is 0 Å². The third-order valence-corrected chi connectivity index (χ3v) is 5.22. The molecule has 8 heteroatoms. The first kappa shape index (κ1) is 20.6. The van der Waals surface area contributed by atoms with E-state index in [4.69, 9.17) is 23.2 Å². The van der Waals surface area contributed by atoms with Gasteiger partial charge in [0.1, 0.15) is 6.54 Å². The maximum Gasteiger partial charge on any atom is 0.245 e. The number of rotatable bonds is 6. The Bertz CT molecular complexity index is 894. The summed E-state index contributed by atoms with van der Waals surface area (Å²) in [5.41, 5.74) is 1.74. The highest BCUT2D eigenvalue weighted by Gasteiger charge is 2.24. The van der Waals surface area contributed by atoms with Crippen LogP contribution in [0.5, 0.6) is 0 Å². The number of hydrogen-bond acceptors (Lipinski definition) is 3. The average Bonchev–Trinajstić information content (AvgIpc) is 2.50. The van der Waals surface area contributed by atoms with Crippen molar-refractivity contribution in [3.63, 3.8) is 0 Å². The number of hydrogen-bond donors (Lipinski definition) is 1. The Morgan fingerprint density at radius 2 is 1.69 bits per heavy atom. The fourth-order valence-corrected chi connectivity index (χ4v) is 3.94. The number of amides is 1. The van der Waals surface area contributed by atoms with Gasteiger partial charge in [0.15, 0.2) is 0 Å². The van der Waals surface area contributed by atoms with Crippen LogP contribution in [0.4, 0.5) is 11.4 Å². The van der Waals surface area contributed by atoms with Crippen LogP contribution in [0.2, 0.25) is 10.0 Å². The van der Waals surface area contributed by atoms with Crippen molar-refractivity contribution < 1.29 is 13.2 Å². The SMILES string of the molecule is CC(C)c1ccccc1N(CC(=O)Nc1cc(Cl)cc(Cl)c1)S(C)(=O)=O. The zero-order chi connectivity index (χ0) is 19.5. The van der Waals surface area contributed by atoms with Crippen molar-refractivity contribution in [3.8, 4) is 0 Å². The summed E-state index contributed by atoms with van der Waals surface area (Å²) >= 11 is 11.8. The number of anilines is 2. The maximum absolute atomic E-state index is 12.4. The molecule has 1 amide bonds. The second-order valence-electron chi connectivity index (χ2n) is 6.19. The summed E-state index contributed by atoms with van der Waals surface area (Å²) in [5.74, 6) is -0.391. The highest BCUT2D eigenvalue weighted by atomic mass is 35.5. The van der Waals surface area contributed by atoms with Crippen LogP contribution in [0.25, 0.3) is 0 Å². The standard InChI is InChI=1S/C18H20Cl2N2O3S/c1-12(2)16-6-4-5-7-17(16)22(26(3,24)25)11-18(23)21-15-9-13(19)8-14(20)10-15/h4-10,12H,11H2,1-3H3,(H,21,23). The quantitative estimate of drug-likeness (QED) is 0.754. The molecule has 0 saturated carbocycles. The first-order valence-corrected chi connectivity index (χ1v) is 10.5. The Morgan fingerprint density at radius 3 is 2.23 bits per heavy atom. The van der Waals surface area contributed by atoms with E-state index in [1.54, 1.807) is 18.2 Å². The van der Waals surface area contributed by atoms with Crippen LogP contribution in [0.1, 0.15) is 25.3 Å². The molecular formula is C18H20Cl2N2O3S. The first-order chi connectivity index (χ1) is 12.1. The molecule has 0 radical (unpaired) electrons. The molecule has 0 aliphatic heterocycles. The van der Waals surface area contributed by atoms with Crippen molar-refractivity contribution >= 4 is 50.5 Å². The van der Waals surface area contributed by atoms with Crippen LogP contribution in [0, 0.1) is 0 Å². The van der Waals surface area contributed by atoms with Gasteiger partial charge < -0.3 is 5.32 Å². The molecule has 2 rings (SSSR count). The van der Waals surface area contributed by atoms with E-state index in [1.165, 1.54) is 12.1 Å². The lowest BCUT2D eigenvalue weighted by molar-refractivity contribution is -0.114. The van der Waals surface area contributed by atoms with Crippen molar-refractivity contribution in [2.75, 3.05) is 22.4 Å². The first-order valence-electron chi connectivity index (χ1n) is 7.90. The number of carbonyl (C=O) groups excluding carboxylic acids is 1. The molecule has 0 bridgehead atoms. The molecule has 0 fully saturated rings. The summed E-state index contributed by atoms with van der Waals surface area (Å²) in [6.45, 7) is 3.58. The summed E-state index contributed by atoms with van der Waals surface area (Å²) in [6, 6.07) is 11.8. The van der Waals surface area contributed by atoms with Crippen molar-refractivity contribution in [2.45, 2.75) is 19.8 Å². The van der Waals surface area contributed by atoms with Crippen LogP contribution < -0.4 is 9.62 Å². The largest absolute Gasteiger partial charge is 0.324 e. The molecule has 0 atom stereocenters. The van der Waals surface area contributed by atoms with Crippen molar-refractivity contribution in [1.82, 2.24) is 0 Å². The topological polar surface area (TPSA) is 66.5 Å². The predicted molar refractivity (Wildman–Crippen MR) is 108 cm³/mol. The number of nitrogens with zero attached hydrogens (tertiary/aromatic N) is 1. The summed E-state index contributed by atoms with van der Waals surface area (Å²) < 4.78 is 25.7. The van der Waals surface area contributed by atoms with E-state index < -0.39 is 15.9 Å². The van der Waals surface area contributed by atoms with Gasteiger partial charge in [-0.25, -0.2) is 8.42 Å². The Morgan fingerprint density at radius 1 is 1.12 bits per heavy atom. The fraction of sp³-hybridized carbons (Fsp3) is 0.278. The van der Waals surface area contributed by atoms with Crippen molar-refractivity contribution in [3.05, 3.63) is 58.1 Å². The van der Waals surface area contributed by atoms with E-state index in [9.17, 15) is 13.2 Å². The summed E-state index contributed by atoms with van der Waals surface area (Å²) in [5, 5.41) is 3.38. The number of halogens is 2. The highest BCUT2D eigenvalue weighted by molar-refractivity contribution is 7.92. The van der Waals surface area contributed by atoms with E-state index in [-0.39, 0.29) is 12.5 Å². The number of sulfonamides is 1. The van der Waals surface area contributed by atoms with Gasteiger partial charge in [0.25, 0.3) is 0 Å². The third-order valence-electron chi connectivity index (χ3n) is 3.66. The zero-order valence-electron chi connectivity index (χ0n) is 14.7. The van der Waals surface area contributed by atoms with Gasteiger partial charge in [0.2, 0.25) is 15.9 Å². The second kappa shape index (κ2) is 8.29. The zero-order valence-corrected chi connectivity index (χ0v) is 17.0. The molecule has 0 aromatic heterocycles. The molecule has 0 spiro atoms. The minimum Gasteiger partial charge on any atom is -0.324 e. The molecule has 2 aromatic carbocycles. The van der Waals surface area contributed by atoms with Gasteiger partial charge in [-0.1, -0.05) is 55.2 Å². The van der Waals surface area contributed by atoms with Gasteiger partial charge in [-0.3, -0.25) is 9.10 Å². The van der Waals surface area contributed by atoms with Gasteiger partial charge in [0.05, 0.1) is 11.9 Å². The lowest BCUT2D eigenvalue weighted by Gasteiger charge is -2.25. The fourth-order valence-electron chi connectivity index (χ4n) is 2.54. The van der Waals surface area contributed by atoms with E-state index in [0.29, 0.717) is 21.4 Å². The highest BCUT2D eigenvalue weighted by Crippen LogP contribution is 2.29. The number of nitrogens with one attached hydrogen (secondary N) is 1. The lowest BCUT2D eigenvalue weighted by Crippen LogP contribution is -2.38. The molecule has 1 N–H and O–H groups in total. The minimum absolute atomic E-state index is 0.102. The lowest BCUT2D eigenvalue weighted by atomic mass is 10.0. The molecule has 0 heterocycles. The van der Waals surface area contributed by atoms with Gasteiger partial charge >= 0.3 is 0 Å². The maximum atomic E-state index is 12.4. The molecule has 2 aromatic rings. The molecule has 5 nitrogen and oxygen atoms in total. The minimum atomic E-state index is -3.66. The van der Waals surface area contributed by atoms with E-state index in [0.717, 1.165) is 16.1 Å². The molecular weight excluding hydrogens is 395 g/mol. The van der Waals surface area contributed by atoms with E-state index >= 15 is 0 Å². The Balaban J connectivity index is 2.31. The van der Waals surface area contributed by atoms with Gasteiger partial charge in [0, 0.05) is 15.7 Å². The van der Waals surface area contributed by atoms with Crippen molar-refractivity contribution in [1.29, 1.82) is 0 Å². The molecule has 140 valence electrons. The van der Waals surface area contributed by atoms with E-state index in [1.807, 2.05) is 26.0 Å². The van der Waals surface area contributed by atoms with Gasteiger partial charge in [-0.05, 0) is 35.7 Å². The predicted octanol–water partition coefficient (Wildman–Crippen LogP) is 4.52. The normalized spacial score (nSPS) is 11.5. The monoisotopic (exact) mass is 414 g/mol.